The highest BCUT2D eigenvalue weighted by atomic mass is 16.5. The second-order valence-electron chi connectivity index (χ2n) is 6.43. The van der Waals surface area contributed by atoms with Gasteiger partial charge in [0.05, 0.1) is 12.2 Å². The van der Waals surface area contributed by atoms with Gasteiger partial charge in [-0.05, 0) is 32.6 Å². The molecular formula is C16H35NO3. The van der Waals surface area contributed by atoms with Gasteiger partial charge in [0.25, 0.3) is 0 Å². The van der Waals surface area contributed by atoms with Gasteiger partial charge in [-0.2, -0.15) is 0 Å². The molecule has 1 N–H and O–H groups in total. The van der Waals surface area contributed by atoms with Crippen molar-refractivity contribution in [3.8, 4) is 0 Å². The van der Waals surface area contributed by atoms with Crippen LogP contribution in [0.1, 0.15) is 47.5 Å². The van der Waals surface area contributed by atoms with Crippen LogP contribution in [0.3, 0.4) is 0 Å². The second-order valence-corrected chi connectivity index (χ2v) is 6.43. The second kappa shape index (κ2) is 11.5. The van der Waals surface area contributed by atoms with Crippen LogP contribution in [0, 0.1) is 5.92 Å². The van der Waals surface area contributed by atoms with Crippen molar-refractivity contribution < 1.29 is 14.2 Å². The van der Waals surface area contributed by atoms with Gasteiger partial charge >= 0.3 is 0 Å². The minimum Gasteiger partial charge on any atom is -0.385 e. The van der Waals surface area contributed by atoms with Crippen molar-refractivity contribution >= 4 is 0 Å². The molecule has 0 fully saturated rings. The molecule has 0 heterocycles. The first kappa shape index (κ1) is 19.8. The summed E-state index contributed by atoms with van der Waals surface area (Å²) in [6.45, 7) is 14.7. The van der Waals surface area contributed by atoms with Gasteiger partial charge in [0.1, 0.15) is 0 Å². The highest BCUT2D eigenvalue weighted by Crippen LogP contribution is 2.14. The maximum Gasteiger partial charge on any atom is 0.0649 e. The predicted molar refractivity (Wildman–Crippen MR) is 84.3 cm³/mol. The summed E-state index contributed by atoms with van der Waals surface area (Å²) in [6, 6.07) is 0.513. The van der Waals surface area contributed by atoms with E-state index in [1.165, 1.54) is 0 Å². The minimum atomic E-state index is -0.117. The highest BCUT2D eigenvalue weighted by molar-refractivity contribution is 4.68. The van der Waals surface area contributed by atoms with Crippen molar-refractivity contribution in [3.63, 3.8) is 0 Å². The molecule has 0 radical (unpaired) electrons. The molecule has 122 valence electrons. The lowest BCUT2D eigenvalue weighted by Gasteiger charge is -2.26. The van der Waals surface area contributed by atoms with E-state index in [0.717, 1.165) is 45.8 Å². The summed E-state index contributed by atoms with van der Waals surface area (Å²) in [5, 5.41) is 3.35. The maximum absolute atomic E-state index is 5.89. The van der Waals surface area contributed by atoms with E-state index in [2.05, 4.69) is 39.9 Å². The molecule has 0 spiro atoms. The normalized spacial score (nSPS) is 13.9. The molecule has 1 atom stereocenters. The van der Waals surface area contributed by atoms with Gasteiger partial charge in [0.2, 0.25) is 0 Å². The molecule has 0 saturated carbocycles. The fraction of sp³-hybridized carbons (Fsp3) is 1.00. The lowest BCUT2D eigenvalue weighted by molar-refractivity contribution is -0.0423. The number of nitrogens with one attached hydrogen (secondary N) is 1. The summed E-state index contributed by atoms with van der Waals surface area (Å²) in [6.07, 6.45) is 1.98. The predicted octanol–water partition coefficient (Wildman–Crippen LogP) is 2.86. The highest BCUT2D eigenvalue weighted by Gasteiger charge is 2.18. The molecule has 1 unspecified atom stereocenters. The molecule has 20 heavy (non-hydrogen) atoms. The Labute approximate surface area is 125 Å². The quantitative estimate of drug-likeness (QED) is 0.529. The van der Waals surface area contributed by atoms with Crippen LogP contribution in [0.4, 0.5) is 0 Å². The molecule has 0 bridgehead atoms. The molecule has 0 rings (SSSR count). The third-order valence-electron chi connectivity index (χ3n) is 3.21. The van der Waals surface area contributed by atoms with Gasteiger partial charge in [0.15, 0.2) is 0 Å². The molecular weight excluding hydrogens is 254 g/mol. The molecule has 0 aliphatic heterocycles. The van der Waals surface area contributed by atoms with Crippen LogP contribution in [0.25, 0.3) is 0 Å². The van der Waals surface area contributed by atoms with Crippen LogP contribution < -0.4 is 5.32 Å². The maximum atomic E-state index is 5.89. The Bertz CT molecular complexity index is 220. The number of rotatable bonds is 13. The van der Waals surface area contributed by atoms with E-state index in [9.17, 15) is 0 Å². The SMILES string of the molecule is COCCC(C)COCCC(C)(C)OCCNC(C)C. The smallest absolute Gasteiger partial charge is 0.0649 e. The Morgan fingerprint density at radius 2 is 1.75 bits per heavy atom. The topological polar surface area (TPSA) is 39.7 Å². The first-order valence-electron chi connectivity index (χ1n) is 7.81. The molecule has 4 nitrogen and oxygen atoms in total. The van der Waals surface area contributed by atoms with Crippen LogP contribution in [-0.2, 0) is 14.2 Å². The Balaban J connectivity index is 3.56. The molecule has 0 aromatic carbocycles. The zero-order valence-corrected chi connectivity index (χ0v) is 14.3. The summed E-state index contributed by atoms with van der Waals surface area (Å²) in [5.41, 5.74) is -0.117. The number of hydrogen-bond donors (Lipinski definition) is 1. The van der Waals surface area contributed by atoms with Crippen molar-refractivity contribution in [2.75, 3.05) is 40.1 Å². The van der Waals surface area contributed by atoms with Crippen LogP contribution >= 0.6 is 0 Å². The van der Waals surface area contributed by atoms with E-state index in [-0.39, 0.29) is 5.60 Å². The molecule has 4 heteroatoms. The first-order valence-corrected chi connectivity index (χ1v) is 7.81. The average Bonchev–Trinajstić information content (AvgIpc) is 2.37. The lowest BCUT2D eigenvalue weighted by Crippen LogP contribution is -2.33. The Hall–Kier alpha value is -0.160. The Morgan fingerprint density at radius 3 is 2.35 bits per heavy atom. The third kappa shape index (κ3) is 12.9. The van der Waals surface area contributed by atoms with Gasteiger partial charge < -0.3 is 19.5 Å². The number of ether oxygens (including phenoxy) is 3. The van der Waals surface area contributed by atoms with E-state index >= 15 is 0 Å². The number of methoxy groups -OCH3 is 1. The van der Waals surface area contributed by atoms with E-state index in [0.29, 0.717) is 12.0 Å². The zero-order chi connectivity index (χ0) is 15.4. The Morgan fingerprint density at radius 1 is 1.05 bits per heavy atom. The van der Waals surface area contributed by atoms with Gasteiger partial charge in [-0.3, -0.25) is 0 Å². The van der Waals surface area contributed by atoms with Crippen LogP contribution in [0.5, 0.6) is 0 Å². The minimum absolute atomic E-state index is 0.117. The summed E-state index contributed by atoms with van der Waals surface area (Å²) >= 11 is 0. The van der Waals surface area contributed by atoms with Crippen LogP contribution in [0.15, 0.2) is 0 Å². The van der Waals surface area contributed by atoms with E-state index in [1.54, 1.807) is 7.11 Å². The molecule has 0 saturated heterocycles. The van der Waals surface area contributed by atoms with Gasteiger partial charge in [0, 0.05) is 39.5 Å². The molecule has 0 aromatic heterocycles. The third-order valence-corrected chi connectivity index (χ3v) is 3.21. The summed E-state index contributed by atoms with van der Waals surface area (Å²) in [4.78, 5) is 0. The van der Waals surface area contributed by atoms with Crippen LogP contribution in [-0.4, -0.2) is 51.7 Å². The molecule has 0 aliphatic rings. The summed E-state index contributed by atoms with van der Waals surface area (Å²) < 4.78 is 16.7. The summed E-state index contributed by atoms with van der Waals surface area (Å²) in [5.74, 6) is 0.550. The van der Waals surface area contributed by atoms with E-state index in [4.69, 9.17) is 14.2 Å². The van der Waals surface area contributed by atoms with Crippen molar-refractivity contribution in [1.29, 1.82) is 0 Å². The molecule has 0 aromatic rings. The van der Waals surface area contributed by atoms with Crippen molar-refractivity contribution in [2.45, 2.75) is 59.1 Å². The summed E-state index contributed by atoms with van der Waals surface area (Å²) in [7, 11) is 1.74. The van der Waals surface area contributed by atoms with Crippen molar-refractivity contribution in [3.05, 3.63) is 0 Å². The lowest BCUT2D eigenvalue weighted by atomic mass is 10.1. The average molecular weight is 289 g/mol. The largest absolute Gasteiger partial charge is 0.385 e. The fourth-order valence-corrected chi connectivity index (χ4v) is 1.75. The molecule has 0 aliphatic carbocycles. The van der Waals surface area contributed by atoms with Crippen molar-refractivity contribution in [2.24, 2.45) is 5.92 Å². The van der Waals surface area contributed by atoms with Gasteiger partial charge in [-0.1, -0.05) is 20.8 Å². The standard InChI is InChI=1S/C16H35NO3/c1-14(2)17-9-12-20-16(4,5)8-11-19-13-15(3)7-10-18-6/h14-15,17H,7-13H2,1-6H3. The zero-order valence-electron chi connectivity index (χ0n) is 14.3. The van der Waals surface area contributed by atoms with E-state index in [1.807, 2.05) is 0 Å². The monoisotopic (exact) mass is 289 g/mol. The fourth-order valence-electron chi connectivity index (χ4n) is 1.75. The number of hydrogen-bond acceptors (Lipinski definition) is 4. The Kier molecular flexibility index (Phi) is 11.4. The van der Waals surface area contributed by atoms with Gasteiger partial charge in [-0.15, -0.1) is 0 Å². The van der Waals surface area contributed by atoms with Crippen LogP contribution in [0.2, 0.25) is 0 Å². The van der Waals surface area contributed by atoms with Gasteiger partial charge in [-0.25, -0.2) is 0 Å². The first-order chi connectivity index (χ1) is 9.37. The van der Waals surface area contributed by atoms with Crippen molar-refractivity contribution in [1.82, 2.24) is 5.32 Å². The van der Waals surface area contributed by atoms with E-state index < -0.39 is 0 Å². The molecule has 0 amide bonds.